The zero-order chi connectivity index (χ0) is 20.9. The quantitative estimate of drug-likeness (QED) is 0.697. The van der Waals surface area contributed by atoms with Gasteiger partial charge in [-0.25, -0.2) is 4.98 Å². The Balaban J connectivity index is 1.38. The highest BCUT2D eigenvalue weighted by Gasteiger charge is 2.23. The van der Waals surface area contributed by atoms with Crippen molar-refractivity contribution in [3.8, 4) is 0 Å². The van der Waals surface area contributed by atoms with E-state index in [1.165, 1.54) is 19.3 Å². The van der Waals surface area contributed by atoms with Crippen molar-refractivity contribution >= 4 is 35.4 Å². The first kappa shape index (κ1) is 20.7. The van der Waals surface area contributed by atoms with Gasteiger partial charge < -0.3 is 14.7 Å². The lowest BCUT2D eigenvalue weighted by molar-refractivity contribution is -0.126. The van der Waals surface area contributed by atoms with Crippen LogP contribution in [-0.2, 0) is 4.79 Å². The van der Waals surface area contributed by atoms with E-state index in [-0.39, 0.29) is 5.91 Å². The maximum Gasteiger partial charge on any atom is 0.246 e. The summed E-state index contributed by atoms with van der Waals surface area (Å²) in [4.78, 5) is 28.5. The Morgan fingerprint density at radius 1 is 0.967 bits per heavy atom. The number of anilines is 2. The van der Waals surface area contributed by atoms with Crippen molar-refractivity contribution < 1.29 is 4.79 Å². The van der Waals surface area contributed by atoms with Crippen LogP contribution in [0.4, 0.5) is 11.8 Å². The fourth-order valence-corrected chi connectivity index (χ4v) is 4.17. The molecule has 4 rings (SSSR count). The number of benzene rings is 1. The molecule has 30 heavy (non-hydrogen) atoms. The van der Waals surface area contributed by atoms with Gasteiger partial charge in [0.2, 0.25) is 11.9 Å². The number of halogens is 1. The smallest absolute Gasteiger partial charge is 0.246 e. The lowest BCUT2D eigenvalue weighted by Crippen LogP contribution is -2.49. The Labute approximate surface area is 183 Å². The first-order valence-corrected chi connectivity index (χ1v) is 11.0. The van der Waals surface area contributed by atoms with E-state index in [4.69, 9.17) is 16.6 Å². The van der Waals surface area contributed by atoms with Gasteiger partial charge in [-0.2, -0.15) is 4.98 Å². The highest BCUT2D eigenvalue weighted by molar-refractivity contribution is 6.32. The monoisotopic (exact) mass is 425 g/mol. The first-order valence-electron chi connectivity index (χ1n) is 10.7. The molecule has 3 heterocycles. The van der Waals surface area contributed by atoms with Crippen molar-refractivity contribution in [2.45, 2.75) is 26.2 Å². The van der Waals surface area contributed by atoms with Crippen molar-refractivity contribution in [3.63, 3.8) is 0 Å². The molecule has 0 aliphatic carbocycles. The largest absolute Gasteiger partial charge is 0.356 e. The summed E-state index contributed by atoms with van der Waals surface area (Å²) < 4.78 is 0. The Morgan fingerprint density at radius 3 is 2.43 bits per heavy atom. The third kappa shape index (κ3) is 4.93. The Bertz CT molecular complexity index is 918. The van der Waals surface area contributed by atoms with Crippen LogP contribution >= 0.6 is 11.6 Å². The average Bonchev–Trinajstić information content (AvgIpc) is 2.78. The first-order chi connectivity index (χ1) is 14.6. The van der Waals surface area contributed by atoms with E-state index in [1.54, 1.807) is 12.2 Å². The van der Waals surface area contributed by atoms with Crippen molar-refractivity contribution in [3.05, 3.63) is 52.7 Å². The number of aromatic nitrogens is 2. The molecule has 2 aliphatic heterocycles. The van der Waals surface area contributed by atoms with E-state index in [2.05, 4.69) is 20.9 Å². The molecule has 6 nitrogen and oxygen atoms in total. The van der Waals surface area contributed by atoms with Crippen LogP contribution in [0, 0.1) is 6.92 Å². The van der Waals surface area contributed by atoms with Crippen LogP contribution in [0.1, 0.15) is 30.5 Å². The van der Waals surface area contributed by atoms with Crippen LogP contribution in [0.15, 0.2) is 36.4 Å². The number of amides is 1. The predicted molar refractivity (Wildman–Crippen MR) is 122 cm³/mol. The molecule has 0 radical (unpaired) electrons. The molecule has 158 valence electrons. The maximum atomic E-state index is 12.6. The normalized spacial score (nSPS) is 17.6. The Morgan fingerprint density at radius 2 is 1.70 bits per heavy atom. The number of piperidine rings is 1. The molecule has 7 heteroatoms. The second kappa shape index (κ2) is 9.47. The van der Waals surface area contributed by atoms with Crippen LogP contribution < -0.4 is 9.80 Å². The lowest BCUT2D eigenvalue weighted by Gasteiger charge is -2.35. The van der Waals surface area contributed by atoms with Gasteiger partial charge in [0.1, 0.15) is 5.82 Å². The van der Waals surface area contributed by atoms with Crippen LogP contribution in [0.3, 0.4) is 0 Å². The van der Waals surface area contributed by atoms with Crippen molar-refractivity contribution in [1.29, 1.82) is 0 Å². The van der Waals surface area contributed by atoms with Gasteiger partial charge in [-0.15, -0.1) is 0 Å². The zero-order valence-electron chi connectivity index (χ0n) is 17.4. The summed E-state index contributed by atoms with van der Waals surface area (Å²) in [7, 11) is 0. The average molecular weight is 426 g/mol. The van der Waals surface area contributed by atoms with Gasteiger partial charge in [0, 0.05) is 62.1 Å². The van der Waals surface area contributed by atoms with Crippen molar-refractivity contribution in [1.82, 2.24) is 14.9 Å². The van der Waals surface area contributed by atoms with Gasteiger partial charge in [0.05, 0.1) is 0 Å². The molecule has 2 saturated heterocycles. The molecule has 0 N–H and O–H groups in total. The number of aryl methyl sites for hydroxylation is 1. The zero-order valence-corrected chi connectivity index (χ0v) is 18.2. The molecular weight excluding hydrogens is 398 g/mol. The predicted octanol–water partition coefficient (Wildman–Crippen LogP) is 3.79. The molecule has 1 aromatic heterocycles. The van der Waals surface area contributed by atoms with Crippen molar-refractivity contribution in [2.75, 3.05) is 49.1 Å². The molecule has 1 amide bonds. The maximum absolute atomic E-state index is 12.6. The summed E-state index contributed by atoms with van der Waals surface area (Å²) in [6, 6.07) is 9.59. The molecule has 0 unspecified atom stereocenters. The molecule has 0 atom stereocenters. The van der Waals surface area contributed by atoms with Gasteiger partial charge in [0.25, 0.3) is 0 Å². The summed E-state index contributed by atoms with van der Waals surface area (Å²) in [5.41, 5.74) is 1.84. The lowest BCUT2D eigenvalue weighted by atomic mass is 10.1. The molecule has 2 fully saturated rings. The van der Waals surface area contributed by atoms with E-state index in [0.29, 0.717) is 18.1 Å². The van der Waals surface area contributed by atoms with E-state index < -0.39 is 0 Å². The van der Waals surface area contributed by atoms with Gasteiger partial charge in [-0.1, -0.05) is 29.8 Å². The minimum absolute atomic E-state index is 0.00809. The molecule has 0 bridgehead atoms. The van der Waals surface area contributed by atoms with Gasteiger partial charge in [-0.3, -0.25) is 4.79 Å². The SMILES string of the molecule is Cc1cc(N2CCCCC2)nc(N2CCN(C(=O)/C=C/c3ccccc3Cl)CC2)n1. The fourth-order valence-electron chi connectivity index (χ4n) is 3.97. The molecule has 2 aliphatic rings. The summed E-state index contributed by atoms with van der Waals surface area (Å²) in [5, 5.41) is 0.646. The highest BCUT2D eigenvalue weighted by Crippen LogP contribution is 2.22. The number of carbonyl (C=O) groups excluding carboxylic acids is 1. The second-order valence-electron chi connectivity index (χ2n) is 7.88. The molecule has 0 saturated carbocycles. The summed E-state index contributed by atoms with van der Waals surface area (Å²) >= 11 is 6.16. The summed E-state index contributed by atoms with van der Waals surface area (Å²) in [6.07, 6.45) is 7.14. The highest BCUT2D eigenvalue weighted by atomic mass is 35.5. The molecule has 1 aromatic carbocycles. The van der Waals surface area contributed by atoms with Crippen molar-refractivity contribution in [2.24, 2.45) is 0 Å². The molecular formula is C23H28ClN5O. The number of hydrogen-bond donors (Lipinski definition) is 0. The summed E-state index contributed by atoms with van der Waals surface area (Å²) in [5.74, 6) is 1.81. The molecule has 0 spiro atoms. The Kier molecular flexibility index (Phi) is 6.53. The minimum Gasteiger partial charge on any atom is -0.356 e. The van der Waals surface area contributed by atoms with Crippen LogP contribution in [0.2, 0.25) is 5.02 Å². The van der Waals surface area contributed by atoms with Crippen LogP contribution in [-0.4, -0.2) is 60.0 Å². The second-order valence-corrected chi connectivity index (χ2v) is 8.29. The fraction of sp³-hybridized carbons (Fsp3) is 0.435. The van der Waals surface area contributed by atoms with Gasteiger partial charge in [0.15, 0.2) is 0 Å². The standard InChI is InChI=1S/C23H28ClN5O/c1-18-17-21(27-11-5-2-6-12-27)26-23(25-18)29-15-13-28(14-16-29)22(30)10-9-19-7-3-4-8-20(19)24/h3-4,7-10,17H,2,5-6,11-16H2,1H3/b10-9+. The number of piperazine rings is 1. The minimum atomic E-state index is 0.00809. The number of hydrogen-bond acceptors (Lipinski definition) is 5. The van der Waals surface area contributed by atoms with Gasteiger partial charge >= 0.3 is 0 Å². The van der Waals surface area contributed by atoms with Crippen LogP contribution in [0.5, 0.6) is 0 Å². The van der Waals surface area contributed by atoms with E-state index in [1.807, 2.05) is 36.1 Å². The van der Waals surface area contributed by atoms with Crippen LogP contribution in [0.25, 0.3) is 6.08 Å². The number of rotatable bonds is 4. The number of nitrogens with zero attached hydrogens (tertiary/aromatic N) is 5. The van der Waals surface area contributed by atoms with Gasteiger partial charge in [-0.05, 0) is 43.9 Å². The topological polar surface area (TPSA) is 52.6 Å². The third-order valence-electron chi connectivity index (χ3n) is 5.69. The van der Waals surface area contributed by atoms with E-state index in [0.717, 1.165) is 49.2 Å². The third-order valence-corrected chi connectivity index (χ3v) is 6.04. The molecule has 2 aromatic rings. The summed E-state index contributed by atoms with van der Waals surface area (Å²) in [6.45, 7) is 6.93. The van der Waals surface area contributed by atoms with E-state index in [9.17, 15) is 4.79 Å². The number of carbonyl (C=O) groups is 1. The Hall–Kier alpha value is -2.60. The van der Waals surface area contributed by atoms with E-state index >= 15 is 0 Å².